The van der Waals surface area contributed by atoms with E-state index in [9.17, 15) is 0 Å². The van der Waals surface area contributed by atoms with E-state index >= 15 is 0 Å². The van der Waals surface area contributed by atoms with Crippen molar-refractivity contribution in [1.82, 2.24) is 0 Å². The number of hydrogen-bond acceptors (Lipinski definition) is 0. The Morgan fingerprint density at radius 2 is 1.03 bits per heavy atom. The standard InChI is InChI=1S/C34H26.H2O/c1-24-19-20-26-13-5-8-16-29(26)33(24)32-22-21-27-14-6-9-17-30(27)34(32)31-18-10-7-15-28(31)23-25-11-3-2-4-12-25;/h2-22H,23H2,1H3;1H2. The minimum atomic E-state index is 0. The van der Waals surface area contributed by atoms with Gasteiger partial charge in [0.15, 0.2) is 0 Å². The van der Waals surface area contributed by atoms with Gasteiger partial charge in [0, 0.05) is 0 Å². The summed E-state index contributed by atoms with van der Waals surface area (Å²) in [5, 5.41) is 5.15. The van der Waals surface area contributed by atoms with Crippen molar-refractivity contribution < 1.29 is 5.48 Å². The van der Waals surface area contributed by atoms with Crippen LogP contribution in [0.2, 0.25) is 0 Å². The van der Waals surface area contributed by atoms with Crippen LogP contribution >= 0.6 is 0 Å². The van der Waals surface area contributed by atoms with Gasteiger partial charge < -0.3 is 5.48 Å². The van der Waals surface area contributed by atoms with Gasteiger partial charge in [-0.25, -0.2) is 0 Å². The molecule has 0 aliphatic rings. The van der Waals surface area contributed by atoms with Gasteiger partial charge in [-0.3, -0.25) is 0 Å². The van der Waals surface area contributed by atoms with Gasteiger partial charge in [-0.2, -0.15) is 0 Å². The SMILES string of the molecule is Cc1ccc2ccccc2c1-c1ccc2ccccc2c1-c1ccccc1Cc1ccccc1.O. The number of rotatable bonds is 4. The number of aryl methyl sites for hydroxylation is 1. The Hall–Kier alpha value is -4.20. The van der Waals surface area contributed by atoms with Crippen molar-refractivity contribution in [2.75, 3.05) is 0 Å². The molecule has 35 heavy (non-hydrogen) atoms. The topological polar surface area (TPSA) is 31.5 Å². The zero-order chi connectivity index (χ0) is 22.9. The lowest BCUT2D eigenvalue weighted by atomic mass is 9.84. The molecule has 0 atom stereocenters. The van der Waals surface area contributed by atoms with Crippen molar-refractivity contribution in [1.29, 1.82) is 0 Å². The number of hydrogen-bond donors (Lipinski definition) is 0. The average molecular weight is 453 g/mol. The van der Waals surface area contributed by atoms with Crippen molar-refractivity contribution in [2.24, 2.45) is 0 Å². The van der Waals surface area contributed by atoms with Crippen molar-refractivity contribution in [2.45, 2.75) is 13.3 Å². The molecule has 0 spiro atoms. The maximum atomic E-state index is 2.33. The Morgan fingerprint density at radius 3 is 1.77 bits per heavy atom. The van der Waals surface area contributed by atoms with Gasteiger partial charge in [-0.1, -0.05) is 127 Å². The molecule has 6 aromatic rings. The lowest BCUT2D eigenvalue weighted by Crippen LogP contribution is -1.96. The summed E-state index contributed by atoms with van der Waals surface area (Å²) < 4.78 is 0. The first-order valence-electron chi connectivity index (χ1n) is 11.9. The highest BCUT2D eigenvalue weighted by atomic mass is 16.0. The molecular formula is C34H28O. The van der Waals surface area contributed by atoms with Crippen LogP contribution in [0.3, 0.4) is 0 Å². The molecule has 0 amide bonds. The van der Waals surface area contributed by atoms with Gasteiger partial charge >= 0.3 is 0 Å². The van der Waals surface area contributed by atoms with E-state index in [1.807, 2.05) is 0 Å². The summed E-state index contributed by atoms with van der Waals surface area (Å²) in [5.41, 5.74) is 9.24. The molecule has 2 N–H and O–H groups in total. The zero-order valence-corrected chi connectivity index (χ0v) is 19.8. The van der Waals surface area contributed by atoms with Gasteiger partial charge in [-0.15, -0.1) is 0 Å². The number of fused-ring (bicyclic) bond motifs is 2. The van der Waals surface area contributed by atoms with Gasteiger partial charge in [-0.05, 0) is 73.8 Å². The van der Waals surface area contributed by atoms with E-state index in [2.05, 4.69) is 134 Å². The number of benzene rings is 6. The molecule has 0 heterocycles. The lowest BCUT2D eigenvalue weighted by molar-refractivity contribution is 0.824. The summed E-state index contributed by atoms with van der Waals surface area (Å²) in [6.45, 7) is 2.23. The van der Waals surface area contributed by atoms with Gasteiger partial charge in [0.1, 0.15) is 0 Å². The van der Waals surface area contributed by atoms with E-state index < -0.39 is 0 Å². The molecule has 0 saturated carbocycles. The predicted molar refractivity (Wildman–Crippen MR) is 150 cm³/mol. The minimum Gasteiger partial charge on any atom is -0.412 e. The first-order valence-corrected chi connectivity index (χ1v) is 11.9. The Kier molecular flexibility index (Phi) is 6.18. The average Bonchev–Trinajstić information content (AvgIpc) is 2.89. The second-order valence-electron chi connectivity index (χ2n) is 9.01. The lowest BCUT2D eigenvalue weighted by Gasteiger charge is -2.20. The van der Waals surface area contributed by atoms with Gasteiger partial charge in [0.25, 0.3) is 0 Å². The van der Waals surface area contributed by atoms with Crippen molar-refractivity contribution >= 4 is 21.5 Å². The molecule has 6 rings (SSSR count). The maximum absolute atomic E-state index is 2.33. The van der Waals surface area contributed by atoms with Crippen LogP contribution in [0.25, 0.3) is 43.8 Å². The Bertz CT molecular complexity index is 1630. The molecule has 0 fully saturated rings. The highest BCUT2D eigenvalue weighted by molar-refractivity contribution is 6.09. The molecule has 0 aromatic heterocycles. The third kappa shape index (κ3) is 4.12. The van der Waals surface area contributed by atoms with Crippen LogP contribution < -0.4 is 0 Å². The van der Waals surface area contributed by atoms with Crippen LogP contribution in [0.15, 0.2) is 127 Å². The van der Waals surface area contributed by atoms with E-state index in [4.69, 9.17) is 0 Å². The molecule has 0 radical (unpaired) electrons. The van der Waals surface area contributed by atoms with Crippen LogP contribution in [0, 0.1) is 6.92 Å². The molecule has 0 aliphatic heterocycles. The second-order valence-corrected chi connectivity index (χ2v) is 9.01. The smallest absolute Gasteiger partial charge is 0.00196 e. The van der Waals surface area contributed by atoms with Crippen LogP contribution in [0.5, 0.6) is 0 Å². The molecule has 0 saturated heterocycles. The minimum absolute atomic E-state index is 0. The first kappa shape index (κ1) is 22.6. The van der Waals surface area contributed by atoms with Crippen molar-refractivity contribution in [3.05, 3.63) is 144 Å². The van der Waals surface area contributed by atoms with Crippen molar-refractivity contribution in [3.63, 3.8) is 0 Å². The van der Waals surface area contributed by atoms with Crippen molar-refractivity contribution in [3.8, 4) is 22.3 Å². The van der Waals surface area contributed by atoms with E-state index in [0.717, 1.165) is 6.42 Å². The largest absolute Gasteiger partial charge is 0.412 e. The normalized spacial score (nSPS) is 10.9. The fraction of sp³-hybridized carbons (Fsp3) is 0.0588. The van der Waals surface area contributed by atoms with E-state index in [0.29, 0.717) is 0 Å². The summed E-state index contributed by atoms with van der Waals surface area (Å²) in [6, 6.07) is 46.3. The molecule has 170 valence electrons. The Balaban J connectivity index is 0.00000253. The summed E-state index contributed by atoms with van der Waals surface area (Å²) >= 11 is 0. The van der Waals surface area contributed by atoms with Gasteiger partial charge in [0.05, 0.1) is 0 Å². The summed E-state index contributed by atoms with van der Waals surface area (Å²) in [5.74, 6) is 0. The summed E-state index contributed by atoms with van der Waals surface area (Å²) in [6.07, 6.45) is 0.911. The summed E-state index contributed by atoms with van der Waals surface area (Å²) in [7, 11) is 0. The highest BCUT2D eigenvalue weighted by Crippen LogP contribution is 2.43. The second kappa shape index (κ2) is 9.58. The molecule has 1 heteroatoms. The Labute approximate surface area is 206 Å². The molecular weight excluding hydrogens is 424 g/mol. The molecule has 1 nitrogen and oxygen atoms in total. The molecule has 6 aromatic carbocycles. The molecule has 0 bridgehead atoms. The molecule has 0 aliphatic carbocycles. The van der Waals surface area contributed by atoms with E-state index in [-0.39, 0.29) is 5.48 Å². The first-order chi connectivity index (χ1) is 16.8. The van der Waals surface area contributed by atoms with Crippen LogP contribution in [-0.4, -0.2) is 5.48 Å². The van der Waals surface area contributed by atoms with E-state index in [1.165, 1.54) is 60.5 Å². The predicted octanol–water partition coefficient (Wildman–Crippen LogP) is 8.40. The third-order valence-corrected chi connectivity index (χ3v) is 6.86. The maximum Gasteiger partial charge on any atom is -0.00196 e. The fourth-order valence-electron chi connectivity index (χ4n) is 5.24. The van der Waals surface area contributed by atoms with Gasteiger partial charge in [0.2, 0.25) is 0 Å². The van der Waals surface area contributed by atoms with Crippen LogP contribution in [0.4, 0.5) is 0 Å². The quantitative estimate of drug-likeness (QED) is 0.257. The van der Waals surface area contributed by atoms with Crippen LogP contribution in [-0.2, 0) is 6.42 Å². The van der Waals surface area contributed by atoms with Crippen LogP contribution in [0.1, 0.15) is 16.7 Å². The molecule has 0 unspecified atom stereocenters. The Morgan fingerprint density at radius 1 is 0.457 bits per heavy atom. The summed E-state index contributed by atoms with van der Waals surface area (Å²) in [4.78, 5) is 0. The van der Waals surface area contributed by atoms with E-state index in [1.54, 1.807) is 0 Å². The third-order valence-electron chi connectivity index (χ3n) is 6.86. The highest BCUT2D eigenvalue weighted by Gasteiger charge is 2.18. The zero-order valence-electron chi connectivity index (χ0n) is 19.8. The fourth-order valence-corrected chi connectivity index (χ4v) is 5.24. The monoisotopic (exact) mass is 452 g/mol.